The minimum absolute atomic E-state index is 0.0631. The highest BCUT2D eigenvalue weighted by molar-refractivity contribution is 5.92. The molecule has 14 heteroatoms. The number of ether oxygens (including phenoxy) is 5. The van der Waals surface area contributed by atoms with Gasteiger partial charge in [-0.2, -0.15) is 0 Å². The summed E-state index contributed by atoms with van der Waals surface area (Å²) in [5.74, 6) is -2.67. The fourth-order valence-corrected chi connectivity index (χ4v) is 9.17. The Balaban J connectivity index is 1.59. The van der Waals surface area contributed by atoms with Crippen LogP contribution in [0.15, 0.2) is 41.2 Å². The Labute approximate surface area is 381 Å². The molecule has 0 radical (unpaired) electrons. The normalized spacial score (nSPS) is 23.1. The molecule has 2 fully saturated rings. The molecule has 2 saturated heterocycles. The second-order valence-corrected chi connectivity index (χ2v) is 19.6. The van der Waals surface area contributed by atoms with E-state index in [0.717, 1.165) is 47.1 Å². The van der Waals surface area contributed by atoms with E-state index in [9.17, 15) is 28.8 Å². The molecule has 1 N–H and O–H groups in total. The highest BCUT2D eigenvalue weighted by atomic mass is 16.6. The van der Waals surface area contributed by atoms with E-state index in [1.807, 2.05) is 24.8 Å². The largest absolute Gasteiger partial charge is 0.463 e. The summed E-state index contributed by atoms with van der Waals surface area (Å²) in [6.07, 6.45) is 2.64. The fraction of sp³-hybridized carbons (Fsp3) is 0.680. The van der Waals surface area contributed by atoms with Crippen molar-refractivity contribution in [3.05, 3.63) is 57.9 Å². The number of amides is 2. The van der Waals surface area contributed by atoms with Gasteiger partial charge in [0.15, 0.2) is 6.10 Å². The summed E-state index contributed by atoms with van der Waals surface area (Å²) in [4.78, 5) is 81.0. The molecule has 0 spiro atoms. The van der Waals surface area contributed by atoms with Gasteiger partial charge >= 0.3 is 23.9 Å². The zero-order valence-corrected chi connectivity index (χ0v) is 40.9. The molecule has 7 atom stereocenters. The molecule has 3 aliphatic rings. The number of nitrogens with zero attached hydrogens (tertiary/aromatic N) is 2. The van der Waals surface area contributed by atoms with Crippen molar-refractivity contribution in [2.45, 2.75) is 164 Å². The first-order valence-corrected chi connectivity index (χ1v) is 23.0. The van der Waals surface area contributed by atoms with Crippen LogP contribution in [0, 0.1) is 30.1 Å². The fourth-order valence-electron chi connectivity index (χ4n) is 9.17. The van der Waals surface area contributed by atoms with Gasteiger partial charge in [-0.25, -0.2) is 0 Å². The molecule has 0 bridgehead atoms. The highest BCUT2D eigenvalue weighted by Gasteiger charge is 2.49. The van der Waals surface area contributed by atoms with Crippen molar-refractivity contribution < 1.29 is 52.5 Å². The van der Waals surface area contributed by atoms with Crippen LogP contribution in [0.5, 0.6) is 0 Å². The quantitative estimate of drug-likeness (QED) is 0.132. The number of aryl methyl sites for hydroxylation is 1. The Kier molecular flexibility index (Phi) is 18.0. The van der Waals surface area contributed by atoms with Crippen LogP contribution in [0.4, 0.5) is 0 Å². The van der Waals surface area contributed by atoms with Gasteiger partial charge in [0.2, 0.25) is 11.8 Å². The smallest absolute Gasteiger partial charge is 0.307 e. The van der Waals surface area contributed by atoms with Gasteiger partial charge in [0.1, 0.15) is 30.1 Å². The summed E-state index contributed by atoms with van der Waals surface area (Å²) in [6, 6.07) is 6.84. The molecule has 1 aromatic rings. The maximum Gasteiger partial charge on any atom is 0.307 e. The third-order valence-corrected chi connectivity index (χ3v) is 13.6. The topological polar surface area (TPSA) is 167 Å². The first kappa shape index (κ1) is 52.1. The molecule has 1 aliphatic carbocycles. The van der Waals surface area contributed by atoms with E-state index in [0.29, 0.717) is 44.2 Å². The number of hydrogen-bond donors (Lipinski definition) is 1. The van der Waals surface area contributed by atoms with Crippen molar-refractivity contribution in [2.24, 2.45) is 23.2 Å². The van der Waals surface area contributed by atoms with Gasteiger partial charge in [0.05, 0.1) is 12.0 Å². The van der Waals surface area contributed by atoms with Crippen LogP contribution in [-0.4, -0.2) is 115 Å². The number of rotatable bonds is 17. The molecule has 356 valence electrons. The molecule has 0 saturated carbocycles. The van der Waals surface area contributed by atoms with Gasteiger partial charge in [-0.05, 0) is 114 Å². The van der Waals surface area contributed by atoms with E-state index >= 15 is 0 Å². The maximum absolute atomic E-state index is 13.9. The first-order valence-electron chi connectivity index (χ1n) is 23.0. The Hall–Kier alpha value is -4.56. The number of esters is 4. The Morgan fingerprint density at radius 2 is 1.56 bits per heavy atom. The van der Waals surface area contributed by atoms with Crippen LogP contribution in [-0.2, 0) is 65.3 Å². The molecule has 4 rings (SSSR count). The van der Waals surface area contributed by atoms with Gasteiger partial charge in [-0.3, -0.25) is 28.8 Å². The van der Waals surface area contributed by atoms with Gasteiger partial charge in [0.25, 0.3) is 0 Å². The summed E-state index contributed by atoms with van der Waals surface area (Å²) in [7, 11) is 4.13. The number of likely N-dealkylation sites (tertiary alicyclic amines) is 1. The van der Waals surface area contributed by atoms with Crippen LogP contribution in [0.2, 0.25) is 0 Å². The number of hydrogen-bond acceptors (Lipinski definition) is 12. The molecule has 2 aliphatic heterocycles. The van der Waals surface area contributed by atoms with Crippen LogP contribution in [0.25, 0.3) is 0 Å². The second-order valence-electron chi connectivity index (χ2n) is 19.6. The number of piperidine rings is 1. The van der Waals surface area contributed by atoms with Crippen molar-refractivity contribution in [3.8, 4) is 0 Å². The van der Waals surface area contributed by atoms with Gasteiger partial charge < -0.3 is 38.8 Å². The summed E-state index contributed by atoms with van der Waals surface area (Å²) in [5, 5.41) is 3.10. The van der Waals surface area contributed by atoms with Gasteiger partial charge in [-0.15, -0.1) is 0 Å². The first-order chi connectivity index (χ1) is 29.8. The van der Waals surface area contributed by atoms with E-state index in [2.05, 4.69) is 70.2 Å². The summed E-state index contributed by atoms with van der Waals surface area (Å²) < 4.78 is 29.4. The molecule has 1 aromatic carbocycles. The lowest BCUT2D eigenvalue weighted by atomic mass is 9.74. The molecule has 14 nitrogen and oxygen atoms in total. The minimum Gasteiger partial charge on any atom is -0.463 e. The molecular formula is C50H75N3O11. The maximum atomic E-state index is 13.9. The second kappa shape index (κ2) is 22.1. The lowest BCUT2D eigenvalue weighted by Gasteiger charge is -2.44. The zero-order chi connectivity index (χ0) is 47.8. The van der Waals surface area contributed by atoms with Crippen molar-refractivity contribution >= 4 is 35.7 Å². The monoisotopic (exact) mass is 894 g/mol. The van der Waals surface area contributed by atoms with Crippen molar-refractivity contribution in [3.63, 3.8) is 0 Å². The van der Waals surface area contributed by atoms with Crippen LogP contribution < -0.4 is 5.32 Å². The van der Waals surface area contributed by atoms with Gasteiger partial charge in [0, 0.05) is 58.7 Å². The number of nitrogens with one attached hydrogen (secondary N) is 1. The molecule has 0 aromatic heterocycles. The Bertz CT molecular complexity index is 1940. The number of carbonyl (C=O) groups excluding carboxylic acids is 6. The average molecular weight is 894 g/mol. The summed E-state index contributed by atoms with van der Waals surface area (Å²) >= 11 is 0. The van der Waals surface area contributed by atoms with E-state index in [-0.39, 0.29) is 36.7 Å². The predicted molar refractivity (Wildman–Crippen MR) is 242 cm³/mol. The number of allylic oxidation sites excluding steroid dienone is 3. The van der Waals surface area contributed by atoms with E-state index < -0.39 is 65.2 Å². The predicted octanol–water partition coefficient (Wildman–Crippen LogP) is 6.58. The van der Waals surface area contributed by atoms with Crippen LogP contribution in [0.1, 0.15) is 125 Å². The Morgan fingerprint density at radius 1 is 0.922 bits per heavy atom. The van der Waals surface area contributed by atoms with Crippen molar-refractivity contribution in [2.75, 3.05) is 33.8 Å². The summed E-state index contributed by atoms with van der Waals surface area (Å²) in [6.45, 7) is 22.2. The number of carbonyl (C=O) groups is 6. The van der Waals surface area contributed by atoms with Crippen molar-refractivity contribution in [1.29, 1.82) is 0 Å². The standard InChI is InChI=1S/C50H75N3O11/c1-15-29(2)41-27-43(61-33(6)55)42(45-46(63-35(8)57)44(62-34(7)56)26-40(64-45)28-60-32(5)54)25-38(41)24-37-17-16-36(22-30(37)3)23-31(4)49(9,10)47(58)51-50(11,12)48(59)53-20-18-39(19-21-53)52(13)14/h16-17,22,27,29,31,39-40,42,44-46H,15,18-21,23-26,28H2,1-14H3,(H,51,58)/t29?,31?,40-,42?,44-,45-,46+/m0/s1. The minimum atomic E-state index is -1.05. The van der Waals surface area contributed by atoms with Crippen LogP contribution >= 0.6 is 0 Å². The van der Waals surface area contributed by atoms with Crippen molar-refractivity contribution in [1.82, 2.24) is 15.1 Å². The highest BCUT2D eigenvalue weighted by Crippen LogP contribution is 2.43. The molecule has 2 heterocycles. The third-order valence-electron chi connectivity index (χ3n) is 13.6. The SMILES string of the molecule is CCC(C)C1=C(Cc2ccc(CC(C)C(C)(C)C(=O)NC(C)(C)C(=O)N3CCC(N(C)C)CC3)cc2C)CC([C@@H]2O[C@H](COC(C)=O)C[C@H](OC(C)=O)[C@H]2OC(C)=O)C(OC(C)=O)=C1. The van der Waals surface area contributed by atoms with E-state index in [1.165, 1.54) is 27.7 Å². The van der Waals surface area contributed by atoms with E-state index in [1.54, 1.807) is 13.8 Å². The zero-order valence-electron chi connectivity index (χ0n) is 40.9. The summed E-state index contributed by atoms with van der Waals surface area (Å²) in [5.41, 5.74) is 3.54. The lowest BCUT2D eigenvalue weighted by molar-refractivity contribution is -0.221. The lowest BCUT2D eigenvalue weighted by Crippen LogP contribution is -2.60. The average Bonchev–Trinajstić information content (AvgIpc) is 3.20. The number of benzene rings is 1. The molecule has 3 unspecified atom stereocenters. The molecular weight excluding hydrogens is 819 g/mol. The van der Waals surface area contributed by atoms with E-state index in [4.69, 9.17) is 23.7 Å². The van der Waals surface area contributed by atoms with Gasteiger partial charge in [-0.1, -0.05) is 58.4 Å². The third kappa shape index (κ3) is 13.5. The molecule has 2 amide bonds. The molecule has 64 heavy (non-hydrogen) atoms. The Morgan fingerprint density at radius 3 is 2.11 bits per heavy atom. The van der Waals surface area contributed by atoms with Crippen LogP contribution in [0.3, 0.4) is 0 Å².